The zero-order valence-corrected chi connectivity index (χ0v) is 12.8. The van der Waals surface area contributed by atoms with Crippen LogP contribution in [-0.4, -0.2) is 17.5 Å². The molecule has 1 saturated carbocycles. The topological polar surface area (TPSA) is 55.1 Å². The van der Waals surface area contributed by atoms with Crippen LogP contribution in [0.2, 0.25) is 0 Å². The third-order valence-electron chi connectivity index (χ3n) is 5.11. The monoisotopic (exact) mass is 254 g/mol. The summed E-state index contributed by atoms with van der Waals surface area (Å²) in [5, 5.41) is 3.20. The summed E-state index contributed by atoms with van der Waals surface area (Å²) in [6.45, 7) is 12.3. The van der Waals surface area contributed by atoms with Crippen molar-refractivity contribution in [1.82, 2.24) is 5.32 Å². The van der Waals surface area contributed by atoms with E-state index in [9.17, 15) is 4.79 Å². The summed E-state index contributed by atoms with van der Waals surface area (Å²) in [4.78, 5) is 12.4. The number of nitrogens with two attached hydrogens (primary N) is 1. The van der Waals surface area contributed by atoms with E-state index in [1.165, 1.54) is 6.42 Å². The van der Waals surface area contributed by atoms with E-state index in [0.717, 1.165) is 18.8 Å². The molecule has 18 heavy (non-hydrogen) atoms. The highest BCUT2D eigenvalue weighted by molar-refractivity contribution is 5.83. The third-order valence-corrected chi connectivity index (χ3v) is 5.11. The van der Waals surface area contributed by atoms with Gasteiger partial charge in [0.25, 0.3) is 0 Å². The predicted molar refractivity (Wildman–Crippen MR) is 76.2 cm³/mol. The fourth-order valence-corrected chi connectivity index (χ4v) is 2.34. The first-order valence-electron chi connectivity index (χ1n) is 7.15. The smallest absolute Gasteiger partial charge is 0.227 e. The van der Waals surface area contributed by atoms with Crippen LogP contribution in [0.1, 0.15) is 60.8 Å². The average Bonchev–Trinajstić information content (AvgIpc) is 2.21. The summed E-state index contributed by atoms with van der Waals surface area (Å²) < 4.78 is 0. The summed E-state index contributed by atoms with van der Waals surface area (Å²) in [7, 11) is 0. The average molecular weight is 254 g/mol. The molecule has 3 unspecified atom stereocenters. The maximum atomic E-state index is 12.4. The van der Waals surface area contributed by atoms with E-state index >= 15 is 0 Å². The third kappa shape index (κ3) is 3.25. The minimum absolute atomic E-state index is 0.0850. The highest BCUT2D eigenvalue weighted by atomic mass is 16.2. The number of nitrogens with one attached hydrogen (secondary N) is 1. The van der Waals surface area contributed by atoms with Crippen molar-refractivity contribution in [2.24, 2.45) is 23.0 Å². The van der Waals surface area contributed by atoms with Gasteiger partial charge in [-0.3, -0.25) is 4.79 Å². The number of rotatable bonds is 3. The first kappa shape index (κ1) is 15.5. The van der Waals surface area contributed by atoms with Gasteiger partial charge in [0.1, 0.15) is 0 Å². The maximum Gasteiger partial charge on any atom is 0.227 e. The highest BCUT2D eigenvalue weighted by Gasteiger charge is 2.41. The Morgan fingerprint density at radius 1 is 1.11 bits per heavy atom. The van der Waals surface area contributed by atoms with Crippen LogP contribution in [0, 0.1) is 17.3 Å². The van der Waals surface area contributed by atoms with Crippen molar-refractivity contribution in [3.05, 3.63) is 0 Å². The molecule has 0 aromatic rings. The van der Waals surface area contributed by atoms with Gasteiger partial charge < -0.3 is 11.1 Å². The molecule has 0 aliphatic heterocycles. The lowest BCUT2D eigenvalue weighted by molar-refractivity contribution is -0.133. The molecule has 0 aromatic carbocycles. The molecule has 0 heterocycles. The van der Waals surface area contributed by atoms with E-state index in [4.69, 9.17) is 5.73 Å². The van der Waals surface area contributed by atoms with E-state index in [-0.39, 0.29) is 5.91 Å². The molecule has 0 bridgehead atoms. The van der Waals surface area contributed by atoms with Gasteiger partial charge >= 0.3 is 0 Å². The predicted octanol–water partition coefficient (Wildman–Crippen LogP) is 2.69. The van der Waals surface area contributed by atoms with Crippen molar-refractivity contribution in [3.63, 3.8) is 0 Å². The molecular weight excluding hydrogens is 224 g/mol. The lowest BCUT2D eigenvalue weighted by atomic mass is 9.73. The molecule has 3 atom stereocenters. The number of amides is 1. The van der Waals surface area contributed by atoms with Gasteiger partial charge in [0.05, 0.1) is 5.41 Å². The molecule has 106 valence electrons. The molecule has 3 N–H and O–H groups in total. The van der Waals surface area contributed by atoms with Crippen LogP contribution in [-0.2, 0) is 4.79 Å². The fourth-order valence-electron chi connectivity index (χ4n) is 2.34. The van der Waals surface area contributed by atoms with Crippen LogP contribution < -0.4 is 11.1 Å². The van der Waals surface area contributed by atoms with Crippen molar-refractivity contribution in [1.29, 1.82) is 0 Å². The normalized spacial score (nSPS) is 30.1. The maximum absolute atomic E-state index is 12.4. The van der Waals surface area contributed by atoms with Gasteiger partial charge in [-0.15, -0.1) is 0 Å². The fraction of sp³-hybridized carbons (Fsp3) is 0.933. The van der Waals surface area contributed by atoms with E-state index in [1.807, 2.05) is 27.7 Å². The van der Waals surface area contributed by atoms with Crippen molar-refractivity contribution in [2.75, 3.05) is 0 Å². The van der Waals surface area contributed by atoms with Gasteiger partial charge in [0.15, 0.2) is 0 Å². The summed E-state index contributed by atoms with van der Waals surface area (Å²) in [5.74, 6) is 1.55. The second-order valence-corrected chi connectivity index (χ2v) is 7.28. The van der Waals surface area contributed by atoms with Crippen LogP contribution in [0.5, 0.6) is 0 Å². The van der Waals surface area contributed by atoms with Gasteiger partial charge in [-0.25, -0.2) is 0 Å². The summed E-state index contributed by atoms with van der Waals surface area (Å²) in [5.41, 5.74) is 5.06. The van der Waals surface area contributed by atoms with Gasteiger partial charge in [-0.05, 0) is 58.8 Å². The van der Waals surface area contributed by atoms with E-state index in [1.54, 1.807) is 0 Å². The number of carbonyl (C=O) groups is 1. The first-order chi connectivity index (χ1) is 8.05. The zero-order chi connectivity index (χ0) is 14.1. The standard InChI is InChI=1S/C15H30N2O/c1-10-7-8-12(9-11(10)2)17-13(18)14(3,4)15(5,6)16/h10-12H,7-9,16H2,1-6H3,(H,17,18). The van der Waals surface area contributed by atoms with Crippen molar-refractivity contribution in [3.8, 4) is 0 Å². The Hall–Kier alpha value is -0.570. The molecule has 0 spiro atoms. The summed E-state index contributed by atoms with van der Waals surface area (Å²) in [6.07, 6.45) is 3.39. The van der Waals surface area contributed by atoms with Crippen LogP contribution in [0.15, 0.2) is 0 Å². The largest absolute Gasteiger partial charge is 0.353 e. The number of carbonyl (C=O) groups excluding carboxylic acids is 1. The molecule has 1 aliphatic carbocycles. The Morgan fingerprint density at radius 3 is 2.11 bits per heavy atom. The lowest BCUT2D eigenvalue weighted by Gasteiger charge is -2.40. The van der Waals surface area contributed by atoms with E-state index < -0.39 is 11.0 Å². The number of hydrogen-bond acceptors (Lipinski definition) is 2. The Morgan fingerprint density at radius 2 is 1.67 bits per heavy atom. The molecule has 1 rings (SSSR count). The van der Waals surface area contributed by atoms with Gasteiger partial charge in [-0.2, -0.15) is 0 Å². The number of hydrogen-bond donors (Lipinski definition) is 2. The van der Waals surface area contributed by atoms with Gasteiger partial charge in [0, 0.05) is 11.6 Å². The van der Waals surface area contributed by atoms with Crippen LogP contribution >= 0.6 is 0 Å². The van der Waals surface area contributed by atoms with Crippen molar-refractivity contribution in [2.45, 2.75) is 72.4 Å². The molecular formula is C15H30N2O. The molecule has 0 saturated heterocycles. The molecule has 1 fully saturated rings. The Bertz CT molecular complexity index is 304. The Kier molecular flexibility index (Phi) is 4.47. The van der Waals surface area contributed by atoms with Gasteiger partial charge in [-0.1, -0.05) is 13.8 Å². The second-order valence-electron chi connectivity index (χ2n) is 7.28. The van der Waals surface area contributed by atoms with E-state index in [0.29, 0.717) is 12.0 Å². The van der Waals surface area contributed by atoms with Crippen LogP contribution in [0.25, 0.3) is 0 Å². The molecule has 1 aliphatic rings. The molecule has 0 radical (unpaired) electrons. The summed E-state index contributed by atoms with van der Waals surface area (Å²) >= 11 is 0. The van der Waals surface area contributed by atoms with Gasteiger partial charge in [0.2, 0.25) is 5.91 Å². The Balaban J connectivity index is 2.61. The lowest BCUT2D eigenvalue weighted by Crippen LogP contribution is -2.57. The molecule has 0 aromatic heterocycles. The van der Waals surface area contributed by atoms with Crippen LogP contribution in [0.4, 0.5) is 0 Å². The molecule has 1 amide bonds. The summed E-state index contributed by atoms with van der Waals surface area (Å²) in [6, 6.07) is 0.324. The quantitative estimate of drug-likeness (QED) is 0.813. The Labute approximate surface area is 112 Å². The van der Waals surface area contributed by atoms with E-state index in [2.05, 4.69) is 19.2 Å². The first-order valence-corrected chi connectivity index (χ1v) is 7.15. The zero-order valence-electron chi connectivity index (χ0n) is 12.8. The SMILES string of the molecule is CC1CCC(NC(=O)C(C)(C)C(C)(C)N)CC1C. The molecule has 3 nitrogen and oxygen atoms in total. The highest BCUT2D eigenvalue weighted by Crippen LogP contribution is 2.32. The van der Waals surface area contributed by atoms with Crippen molar-refractivity contribution < 1.29 is 4.79 Å². The van der Waals surface area contributed by atoms with Crippen molar-refractivity contribution >= 4 is 5.91 Å². The second kappa shape index (κ2) is 5.20. The minimum Gasteiger partial charge on any atom is -0.353 e. The van der Waals surface area contributed by atoms with Crippen LogP contribution in [0.3, 0.4) is 0 Å². The minimum atomic E-state index is -0.542. The molecule has 3 heteroatoms.